The zero-order valence-corrected chi connectivity index (χ0v) is 10.9. The molecule has 0 aliphatic heterocycles. The molecule has 92 valence electrons. The number of hydrogen-bond donors (Lipinski definition) is 0. The second-order valence-corrected chi connectivity index (χ2v) is 5.48. The lowest BCUT2D eigenvalue weighted by molar-refractivity contribution is 0.0889. The molecule has 1 nitrogen and oxygen atoms in total. The number of ketones is 1. The van der Waals surface area contributed by atoms with Crippen LogP contribution in [0.3, 0.4) is 0 Å². The first-order chi connectivity index (χ1) is 8.18. The molecule has 0 heterocycles. The van der Waals surface area contributed by atoms with Crippen LogP contribution in [0.2, 0.25) is 0 Å². The second kappa shape index (κ2) is 5.48. The van der Waals surface area contributed by atoms with E-state index in [1.807, 2.05) is 12.1 Å². The summed E-state index contributed by atoms with van der Waals surface area (Å²) in [6, 6.07) is 8.19. The minimum absolute atomic E-state index is 0.283. The Hall–Kier alpha value is -1.11. The van der Waals surface area contributed by atoms with Crippen molar-refractivity contribution in [2.45, 2.75) is 51.9 Å². The van der Waals surface area contributed by atoms with E-state index in [4.69, 9.17) is 0 Å². The third kappa shape index (κ3) is 2.96. The van der Waals surface area contributed by atoms with Crippen LogP contribution in [0.25, 0.3) is 0 Å². The maximum absolute atomic E-state index is 12.4. The van der Waals surface area contributed by atoms with E-state index in [1.54, 1.807) is 0 Å². The number of carbonyl (C=O) groups excluding carboxylic acids is 1. The van der Waals surface area contributed by atoms with Crippen LogP contribution in [0.15, 0.2) is 24.3 Å². The molecule has 1 heteroatoms. The van der Waals surface area contributed by atoms with Crippen LogP contribution in [0, 0.1) is 5.92 Å². The van der Waals surface area contributed by atoms with E-state index in [-0.39, 0.29) is 5.92 Å². The molecule has 17 heavy (non-hydrogen) atoms. The third-order valence-electron chi connectivity index (χ3n) is 3.81. The summed E-state index contributed by atoms with van der Waals surface area (Å²) in [6.07, 6.45) is 5.92. The zero-order chi connectivity index (χ0) is 12.3. The van der Waals surface area contributed by atoms with Gasteiger partial charge in [-0.15, -0.1) is 0 Å². The van der Waals surface area contributed by atoms with Gasteiger partial charge in [0, 0.05) is 11.5 Å². The lowest BCUT2D eigenvalue weighted by Crippen LogP contribution is -2.18. The van der Waals surface area contributed by atoms with Gasteiger partial charge in [-0.3, -0.25) is 4.79 Å². The van der Waals surface area contributed by atoms with E-state index in [0.717, 1.165) is 18.4 Å². The van der Waals surface area contributed by atoms with Crippen molar-refractivity contribution < 1.29 is 4.79 Å². The van der Waals surface area contributed by atoms with Crippen LogP contribution in [0.1, 0.15) is 67.8 Å². The largest absolute Gasteiger partial charge is 0.294 e. The summed E-state index contributed by atoms with van der Waals surface area (Å²) in [5.74, 6) is 1.15. The summed E-state index contributed by atoms with van der Waals surface area (Å²) in [5.41, 5.74) is 2.19. The highest BCUT2D eigenvalue weighted by Gasteiger charge is 2.22. The summed E-state index contributed by atoms with van der Waals surface area (Å²) in [5, 5.41) is 0. The van der Waals surface area contributed by atoms with Gasteiger partial charge in [0.25, 0.3) is 0 Å². The predicted octanol–water partition coefficient (Wildman–Crippen LogP) is 4.57. The standard InChI is InChI=1S/C16H22O/c1-12(2)14-9-6-10-15(11-14)16(17)13-7-4-3-5-8-13/h6,9-13H,3-5,7-8H2,1-2H3. The van der Waals surface area contributed by atoms with Crippen molar-refractivity contribution in [3.8, 4) is 0 Å². The molecule has 1 aromatic rings. The summed E-state index contributed by atoms with van der Waals surface area (Å²) in [6.45, 7) is 4.34. The number of carbonyl (C=O) groups is 1. The molecule has 1 fully saturated rings. The minimum atomic E-state index is 0.283. The van der Waals surface area contributed by atoms with Gasteiger partial charge in [-0.25, -0.2) is 0 Å². The molecule has 0 N–H and O–H groups in total. The molecule has 1 aliphatic rings. The molecular formula is C16H22O. The van der Waals surface area contributed by atoms with E-state index in [0.29, 0.717) is 11.7 Å². The first-order valence-corrected chi connectivity index (χ1v) is 6.82. The Morgan fingerprint density at radius 1 is 1.18 bits per heavy atom. The van der Waals surface area contributed by atoms with Gasteiger partial charge in [-0.05, 0) is 30.4 Å². The van der Waals surface area contributed by atoms with E-state index < -0.39 is 0 Å². The van der Waals surface area contributed by atoms with E-state index in [9.17, 15) is 4.79 Å². The highest BCUT2D eigenvalue weighted by Crippen LogP contribution is 2.27. The topological polar surface area (TPSA) is 17.1 Å². The van der Waals surface area contributed by atoms with Crippen molar-refractivity contribution in [2.75, 3.05) is 0 Å². The minimum Gasteiger partial charge on any atom is -0.294 e. The number of Topliss-reactive ketones (excluding diaryl/α,β-unsaturated/α-hetero) is 1. The lowest BCUT2D eigenvalue weighted by Gasteiger charge is -2.20. The van der Waals surface area contributed by atoms with Crippen molar-refractivity contribution in [3.63, 3.8) is 0 Å². The van der Waals surface area contributed by atoms with Crippen molar-refractivity contribution >= 4 is 5.78 Å². The molecule has 1 aliphatic carbocycles. The average molecular weight is 230 g/mol. The van der Waals surface area contributed by atoms with Gasteiger partial charge in [-0.1, -0.05) is 51.3 Å². The molecule has 2 rings (SSSR count). The molecule has 0 amide bonds. The molecule has 0 atom stereocenters. The molecule has 0 bridgehead atoms. The van der Waals surface area contributed by atoms with Gasteiger partial charge in [0.1, 0.15) is 0 Å². The predicted molar refractivity (Wildman–Crippen MR) is 71.4 cm³/mol. The summed E-state index contributed by atoms with van der Waals surface area (Å²) in [7, 11) is 0. The van der Waals surface area contributed by atoms with Crippen LogP contribution in [0.4, 0.5) is 0 Å². The van der Waals surface area contributed by atoms with Crippen LogP contribution < -0.4 is 0 Å². The SMILES string of the molecule is CC(C)c1cccc(C(=O)C2CCCCC2)c1. The van der Waals surface area contributed by atoms with Gasteiger partial charge in [-0.2, -0.15) is 0 Å². The van der Waals surface area contributed by atoms with Gasteiger partial charge < -0.3 is 0 Å². The maximum Gasteiger partial charge on any atom is 0.165 e. The molecule has 0 unspecified atom stereocenters. The maximum atomic E-state index is 12.4. The lowest BCUT2D eigenvalue weighted by atomic mass is 9.83. The van der Waals surface area contributed by atoms with Crippen molar-refractivity contribution in [2.24, 2.45) is 5.92 Å². The molecule has 0 aromatic heterocycles. The molecule has 1 aromatic carbocycles. The van der Waals surface area contributed by atoms with Gasteiger partial charge in [0.15, 0.2) is 5.78 Å². The highest BCUT2D eigenvalue weighted by molar-refractivity contribution is 5.98. The van der Waals surface area contributed by atoms with Gasteiger partial charge in [0.2, 0.25) is 0 Å². The molecular weight excluding hydrogens is 208 g/mol. The van der Waals surface area contributed by atoms with E-state index >= 15 is 0 Å². The molecule has 0 spiro atoms. The van der Waals surface area contributed by atoms with Crippen LogP contribution in [0.5, 0.6) is 0 Å². The van der Waals surface area contributed by atoms with E-state index in [1.165, 1.54) is 24.8 Å². The van der Waals surface area contributed by atoms with Gasteiger partial charge in [0.05, 0.1) is 0 Å². The first kappa shape index (κ1) is 12.3. The monoisotopic (exact) mass is 230 g/mol. The number of hydrogen-bond acceptors (Lipinski definition) is 1. The Bertz CT molecular complexity index is 386. The van der Waals surface area contributed by atoms with E-state index in [2.05, 4.69) is 26.0 Å². The Kier molecular flexibility index (Phi) is 3.98. The Balaban J connectivity index is 2.15. The number of benzene rings is 1. The molecule has 0 radical (unpaired) electrons. The van der Waals surface area contributed by atoms with Crippen LogP contribution in [-0.4, -0.2) is 5.78 Å². The number of rotatable bonds is 3. The fourth-order valence-electron chi connectivity index (χ4n) is 2.65. The second-order valence-electron chi connectivity index (χ2n) is 5.48. The third-order valence-corrected chi connectivity index (χ3v) is 3.81. The van der Waals surface area contributed by atoms with Crippen LogP contribution >= 0.6 is 0 Å². The molecule has 0 saturated heterocycles. The first-order valence-electron chi connectivity index (χ1n) is 6.82. The van der Waals surface area contributed by atoms with Crippen molar-refractivity contribution in [1.29, 1.82) is 0 Å². The summed E-state index contributed by atoms with van der Waals surface area (Å²) >= 11 is 0. The van der Waals surface area contributed by atoms with Crippen LogP contribution in [-0.2, 0) is 0 Å². The Morgan fingerprint density at radius 3 is 2.53 bits per heavy atom. The van der Waals surface area contributed by atoms with Crippen molar-refractivity contribution in [3.05, 3.63) is 35.4 Å². The molecule has 1 saturated carbocycles. The smallest absolute Gasteiger partial charge is 0.165 e. The summed E-state index contributed by atoms with van der Waals surface area (Å²) < 4.78 is 0. The Morgan fingerprint density at radius 2 is 1.88 bits per heavy atom. The highest BCUT2D eigenvalue weighted by atomic mass is 16.1. The fourth-order valence-corrected chi connectivity index (χ4v) is 2.65. The fraction of sp³-hybridized carbons (Fsp3) is 0.562. The Labute approximate surface area is 104 Å². The summed E-state index contributed by atoms with van der Waals surface area (Å²) in [4.78, 5) is 12.4. The van der Waals surface area contributed by atoms with Crippen molar-refractivity contribution in [1.82, 2.24) is 0 Å². The normalized spacial score (nSPS) is 17.4. The quantitative estimate of drug-likeness (QED) is 0.695. The van der Waals surface area contributed by atoms with Gasteiger partial charge >= 0.3 is 0 Å². The zero-order valence-electron chi connectivity index (χ0n) is 10.9. The average Bonchev–Trinajstić information content (AvgIpc) is 2.39.